The lowest BCUT2D eigenvalue weighted by Crippen LogP contribution is -2.44. The summed E-state index contributed by atoms with van der Waals surface area (Å²) in [7, 11) is 0. The molecule has 6 heteroatoms. The average Bonchev–Trinajstić information content (AvgIpc) is 2.79. The number of nitrogens with zero attached hydrogens (tertiary/aromatic N) is 1. The number of nitrogens with one attached hydrogen (secondary N) is 2. The molecule has 172 valence electrons. The highest BCUT2D eigenvalue weighted by Gasteiger charge is 2.26. The van der Waals surface area contributed by atoms with Crippen LogP contribution in [0.1, 0.15) is 43.7 Å². The molecule has 1 heterocycles. The van der Waals surface area contributed by atoms with E-state index < -0.39 is 6.03 Å². The Morgan fingerprint density at radius 3 is 2.53 bits per heavy atom. The van der Waals surface area contributed by atoms with Gasteiger partial charge in [0, 0.05) is 18.2 Å². The van der Waals surface area contributed by atoms with Crippen LogP contribution in [0.3, 0.4) is 0 Å². The first-order valence-corrected chi connectivity index (χ1v) is 11.7. The molecule has 0 aromatic heterocycles. The van der Waals surface area contributed by atoms with E-state index in [1.807, 2.05) is 12.1 Å². The zero-order chi connectivity index (χ0) is 22.8. The van der Waals surface area contributed by atoms with E-state index in [2.05, 4.69) is 53.6 Å². The number of likely N-dealkylation sites (tertiary alicyclic amines) is 1. The molecule has 0 spiro atoms. The Balaban J connectivity index is 1.36. The maximum absolute atomic E-state index is 12.5. The number of benzene rings is 2. The first-order chi connectivity index (χ1) is 15.5. The van der Waals surface area contributed by atoms with Gasteiger partial charge in [0.1, 0.15) is 5.75 Å². The van der Waals surface area contributed by atoms with Crippen LogP contribution in [0.25, 0.3) is 0 Å². The van der Waals surface area contributed by atoms with Gasteiger partial charge < -0.3 is 15.0 Å². The highest BCUT2D eigenvalue weighted by atomic mass is 16.5. The predicted octanol–water partition coefficient (Wildman–Crippen LogP) is 4.78. The molecule has 0 atom stereocenters. The molecular formula is C26H35N3O3. The molecule has 1 aliphatic heterocycles. The van der Waals surface area contributed by atoms with Crippen LogP contribution in [-0.2, 0) is 11.2 Å². The summed E-state index contributed by atoms with van der Waals surface area (Å²) in [5, 5.41) is 5.22. The van der Waals surface area contributed by atoms with Crippen molar-refractivity contribution in [2.75, 3.05) is 31.6 Å². The van der Waals surface area contributed by atoms with E-state index >= 15 is 0 Å². The molecule has 3 amide bonds. The summed E-state index contributed by atoms with van der Waals surface area (Å²) in [6, 6.07) is 15.3. The SMILES string of the molecule is CCCCOc1ccc(NC(=O)NC(=O)C2CCN(CCc3cccc(C)c3)CC2)cc1. The van der Waals surface area contributed by atoms with Crippen LogP contribution in [0.4, 0.5) is 10.5 Å². The Bertz CT molecular complexity index is 874. The molecule has 0 unspecified atom stereocenters. The Morgan fingerprint density at radius 2 is 1.84 bits per heavy atom. The largest absolute Gasteiger partial charge is 0.494 e. The van der Waals surface area contributed by atoms with Gasteiger partial charge in [0.05, 0.1) is 6.61 Å². The van der Waals surface area contributed by atoms with E-state index in [4.69, 9.17) is 4.74 Å². The summed E-state index contributed by atoms with van der Waals surface area (Å²) in [4.78, 5) is 27.1. The second kappa shape index (κ2) is 12.2. The number of urea groups is 1. The van der Waals surface area contributed by atoms with E-state index in [1.165, 1.54) is 11.1 Å². The van der Waals surface area contributed by atoms with Crippen LogP contribution in [0.2, 0.25) is 0 Å². The van der Waals surface area contributed by atoms with Crippen LogP contribution < -0.4 is 15.4 Å². The summed E-state index contributed by atoms with van der Waals surface area (Å²) >= 11 is 0. The van der Waals surface area contributed by atoms with Crippen molar-refractivity contribution in [3.63, 3.8) is 0 Å². The van der Waals surface area contributed by atoms with Gasteiger partial charge in [0.25, 0.3) is 0 Å². The van der Waals surface area contributed by atoms with Gasteiger partial charge in [0.2, 0.25) is 5.91 Å². The lowest BCUT2D eigenvalue weighted by molar-refractivity contribution is -0.125. The van der Waals surface area contributed by atoms with Crippen molar-refractivity contribution in [1.29, 1.82) is 0 Å². The van der Waals surface area contributed by atoms with E-state index in [0.29, 0.717) is 12.3 Å². The Labute approximate surface area is 191 Å². The van der Waals surface area contributed by atoms with Gasteiger partial charge in [-0.05, 0) is 75.5 Å². The molecule has 1 saturated heterocycles. The summed E-state index contributed by atoms with van der Waals surface area (Å²) < 4.78 is 5.62. The lowest BCUT2D eigenvalue weighted by Gasteiger charge is -2.31. The first kappa shape index (κ1) is 23.8. The molecule has 2 aromatic carbocycles. The summed E-state index contributed by atoms with van der Waals surface area (Å²) in [6.07, 6.45) is 4.66. The van der Waals surface area contributed by atoms with E-state index in [1.54, 1.807) is 12.1 Å². The maximum Gasteiger partial charge on any atom is 0.325 e. The Morgan fingerprint density at radius 1 is 1.09 bits per heavy atom. The standard InChI is InChI=1S/C26H35N3O3/c1-3-4-18-32-24-10-8-23(9-11-24)27-26(31)28-25(30)22-13-16-29(17-14-22)15-12-21-7-5-6-20(2)19-21/h5-11,19,22H,3-4,12-18H2,1-2H3,(H2,27,28,30,31). The van der Waals surface area contributed by atoms with Gasteiger partial charge in [-0.25, -0.2) is 4.79 Å². The average molecular weight is 438 g/mol. The number of aryl methyl sites for hydroxylation is 1. The second-order valence-electron chi connectivity index (χ2n) is 8.52. The van der Waals surface area contributed by atoms with Gasteiger partial charge in [-0.2, -0.15) is 0 Å². The van der Waals surface area contributed by atoms with Crippen molar-refractivity contribution in [3.05, 3.63) is 59.7 Å². The highest BCUT2D eigenvalue weighted by Crippen LogP contribution is 2.19. The number of unbranched alkanes of at least 4 members (excludes halogenated alkanes) is 1. The van der Waals surface area contributed by atoms with Gasteiger partial charge in [0.15, 0.2) is 0 Å². The highest BCUT2D eigenvalue weighted by molar-refractivity contribution is 6.01. The van der Waals surface area contributed by atoms with Gasteiger partial charge in [-0.15, -0.1) is 0 Å². The number of anilines is 1. The number of imide groups is 1. The molecule has 2 N–H and O–H groups in total. The van der Waals surface area contributed by atoms with Crippen LogP contribution in [0.5, 0.6) is 5.75 Å². The van der Waals surface area contributed by atoms with Crippen molar-refractivity contribution in [1.82, 2.24) is 10.2 Å². The normalized spacial score (nSPS) is 14.7. The number of hydrogen-bond acceptors (Lipinski definition) is 4. The van der Waals surface area contributed by atoms with Crippen molar-refractivity contribution in [2.45, 2.75) is 46.0 Å². The zero-order valence-corrected chi connectivity index (χ0v) is 19.2. The smallest absolute Gasteiger partial charge is 0.325 e. The number of rotatable bonds is 9. The zero-order valence-electron chi connectivity index (χ0n) is 19.2. The van der Waals surface area contributed by atoms with Gasteiger partial charge in [-0.1, -0.05) is 43.2 Å². The third kappa shape index (κ3) is 7.68. The fourth-order valence-corrected chi connectivity index (χ4v) is 3.92. The molecule has 3 rings (SSSR count). The quantitative estimate of drug-likeness (QED) is 0.554. The van der Waals surface area contributed by atoms with E-state index in [-0.39, 0.29) is 11.8 Å². The molecule has 0 radical (unpaired) electrons. The Hall–Kier alpha value is -2.86. The molecule has 0 aliphatic carbocycles. The summed E-state index contributed by atoms with van der Waals surface area (Å²) in [5.41, 5.74) is 3.26. The number of hydrogen-bond donors (Lipinski definition) is 2. The summed E-state index contributed by atoms with van der Waals surface area (Å²) in [6.45, 7) is 7.67. The van der Waals surface area contributed by atoms with Crippen molar-refractivity contribution >= 4 is 17.6 Å². The molecule has 0 saturated carbocycles. The maximum atomic E-state index is 12.5. The van der Waals surface area contributed by atoms with Crippen LogP contribution in [0, 0.1) is 12.8 Å². The third-order valence-electron chi connectivity index (χ3n) is 5.87. The number of ether oxygens (including phenoxy) is 1. The fraction of sp³-hybridized carbons (Fsp3) is 0.462. The van der Waals surface area contributed by atoms with E-state index in [9.17, 15) is 9.59 Å². The number of carbonyl (C=O) groups excluding carboxylic acids is 2. The fourth-order valence-electron chi connectivity index (χ4n) is 3.92. The molecular weight excluding hydrogens is 402 g/mol. The molecule has 32 heavy (non-hydrogen) atoms. The monoisotopic (exact) mass is 437 g/mol. The van der Waals surface area contributed by atoms with Crippen LogP contribution in [0.15, 0.2) is 48.5 Å². The summed E-state index contributed by atoms with van der Waals surface area (Å²) in [5.74, 6) is 0.459. The predicted molar refractivity (Wildman–Crippen MR) is 128 cm³/mol. The first-order valence-electron chi connectivity index (χ1n) is 11.7. The van der Waals surface area contributed by atoms with Crippen molar-refractivity contribution in [2.24, 2.45) is 5.92 Å². The second-order valence-corrected chi connectivity index (χ2v) is 8.52. The number of carbonyl (C=O) groups is 2. The molecule has 0 bridgehead atoms. The lowest BCUT2D eigenvalue weighted by atomic mass is 9.95. The minimum absolute atomic E-state index is 0.120. The minimum atomic E-state index is -0.489. The Kier molecular flexibility index (Phi) is 9.11. The van der Waals surface area contributed by atoms with Crippen molar-refractivity contribution < 1.29 is 14.3 Å². The van der Waals surface area contributed by atoms with E-state index in [0.717, 1.165) is 57.5 Å². The van der Waals surface area contributed by atoms with Crippen LogP contribution >= 0.6 is 0 Å². The van der Waals surface area contributed by atoms with Crippen molar-refractivity contribution in [3.8, 4) is 5.75 Å². The molecule has 1 aliphatic rings. The van der Waals surface area contributed by atoms with Crippen LogP contribution in [-0.4, -0.2) is 43.1 Å². The topological polar surface area (TPSA) is 70.7 Å². The molecule has 6 nitrogen and oxygen atoms in total. The molecule has 1 fully saturated rings. The third-order valence-corrected chi connectivity index (χ3v) is 5.87. The van der Waals surface area contributed by atoms with Gasteiger partial charge in [-0.3, -0.25) is 10.1 Å². The number of piperidine rings is 1. The molecule has 2 aromatic rings. The number of amides is 3. The van der Waals surface area contributed by atoms with Gasteiger partial charge >= 0.3 is 6.03 Å². The minimum Gasteiger partial charge on any atom is -0.494 e.